The molecule has 0 fully saturated rings. The van der Waals surface area contributed by atoms with Gasteiger partial charge in [0.1, 0.15) is 12.1 Å². The third-order valence-electron chi connectivity index (χ3n) is 3.58. The molecule has 10 nitrogen and oxygen atoms in total. The fraction of sp³-hybridized carbons (Fsp3) is 0.188. The summed E-state index contributed by atoms with van der Waals surface area (Å²) in [5.41, 5.74) is 7.55. The average Bonchev–Trinajstić information content (AvgIpc) is 3.07. The molecule has 1 aromatic carbocycles. The monoisotopic (exact) mass is 354 g/mol. The van der Waals surface area contributed by atoms with Crippen LogP contribution in [0.3, 0.4) is 0 Å². The Kier molecular flexibility index (Phi) is 4.65. The number of hydrogen-bond donors (Lipinski definition) is 3. The molecule has 0 unspecified atom stereocenters. The normalized spacial score (nSPS) is 10.4. The zero-order chi connectivity index (χ0) is 18.7. The molecule has 10 heteroatoms. The first-order chi connectivity index (χ1) is 12.5. The zero-order valence-corrected chi connectivity index (χ0v) is 14.5. The highest BCUT2D eigenvalue weighted by atomic mass is 16.5. The van der Waals surface area contributed by atoms with E-state index < -0.39 is 0 Å². The van der Waals surface area contributed by atoms with Crippen molar-refractivity contribution >= 4 is 23.1 Å². The van der Waals surface area contributed by atoms with Gasteiger partial charge in [0.05, 0.1) is 24.0 Å². The van der Waals surface area contributed by atoms with E-state index >= 15 is 0 Å². The summed E-state index contributed by atoms with van der Waals surface area (Å²) in [4.78, 5) is 16.3. The number of carbonyl (C=O) groups is 1. The van der Waals surface area contributed by atoms with Crippen LogP contribution in [0.25, 0.3) is 11.4 Å². The minimum atomic E-state index is -0.387. The van der Waals surface area contributed by atoms with Gasteiger partial charge in [-0.25, -0.2) is 4.98 Å². The number of amides is 1. The maximum absolute atomic E-state index is 12.0. The summed E-state index contributed by atoms with van der Waals surface area (Å²) in [5.74, 6) is 0.840. The van der Waals surface area contributed by atoms with Gasteiger partial charge in [-0.1, -0.05) is 6.07 Å². The number of rotatable bonds is 5. The third kappa shape index (κ3) is 3.24. The minimum Gasteiger partial charge on any atom is -0.494 e. The smallest absolute Gasteiger partial charge is 0.273 e. The maximum Gasteiger partial charge on any atom is 0.273 e. The van der Waals surface area contributed by atoms with Crippen molar-refractivity contribution in [1.29, 1.82) is 0 Å². The summed E-state index contributed by atoms with van der Waals surface area (Å²) < 4.78 is 7.15. The minimum absolute atomic E-state index is 0.116. The summed E-state index contributed by atoms with van der Waals surface area (Å²) in [6.45, 7) is 0. The van der Waals surface area contributed by atoms with Crippen molar-refractivity contribution in [3.8, 4) is 17.1 Å². The molecular weight excluding hydrogens is 336 g/mol. The van der Waals surface area contributed by atoms with Gasteiger partial charge in [0.25, 0.3) is 5.91 Å². The third-order valence-corrected chi connectivity index (χ3v) is 3.58. The zero-order valence-electron chi connectivity index (χ0n) is 14.5. The molecule has 0 saturated heterocycles. The van der Waals surface area contributed by atoms with Crippen LogP contribution in [0.1, 0.15) is 10.5 Å². The van der Waals surface area contributed by atoms with E-state index in [-0.39, 0.29) is 17.4 Å². The van der Waals surface area contributed by atoms with Crippen LogP contribution in [0, 0.1) is 0 Å². The SMILES string of the molecule is CNC(=O)c1nnc(N)cc1Nc1cccc(-c2ncn(C)n2)c1OC. The fourth-order valence-corrected chi connectivity index (χ4v) is 2.43. The number of nitrogens with one attached hydrogen (secondary N) is 2. The van der Waals surface area contributed by atoms with Crippen molar-refractivity contribution in [1.82, 2.24) is 30.3 Å². The molecule has 0 aliphatic carbocycles. The molecule has 2 aromatic heterocycles. The summed E-state index contributed by atoms with van der Waals surface area (Å²) in [7, 11) is 4.84. The number of hydrogen-bond acceptors (Lipinski definition) is 8. The van der Waals surface area contributed by atoms with Gasteiger partial charge in [-0.2, -0.15) is 5.10 Å². The molecule has 4 N–H and O–H groups in total. The van der Waals surface area contributed by atoms with Crippen LogP contribution in [0.5, 0.6) is 5.75 Å². The van der Waals surface area contributed by atoms with Crippen molar-refractivity contribution < 1.29 is 9.53 Å². The quantitative estimate of drug-likeness (QED) is 0.617. The Morgan fingerprint density at radius 1 is 1.27 bits per heavy atom. The van der Waals surface area contributed by atoms with E-state index in [2.05, 4.69) is 30.9 Å². The van der Waals surface area contributed by atoms with Gasteiger partial charge in [0.15, 0.2) is 17.3 Å². The molecule has 3 aromatic rings. The van der Waals surface area contributed by atoms with Crippen LogP contribution in [0.15, 0.2) is 30.6 Å². The lowest BCUT2D eigenvalue weighted by Crippen LogP contribution is -2.21. The molecule has 0 aliphatic heterocycles. The van der Waals surface area contributed by atoms with Gasteiger partial charge in [-0.15, -0.1) is 10.2 Å². The van der Waals surface area contributed by atoms with Gasteiger partial charge in [-0.3, -0.25) is 9.48 Å². The molecule has 0 aliphatic rings. The summed E-state index contributed by atoms with van der Waals surface area (Å²) >= 11 is 0. The number of nitrogen functional groups attached to an aromatic ring is 1. The van der Waals surface area contributed by atoms with Crippen LogP contribution in [-0.4, -0.2) is 45.0 Å². The Labute approximate surface area is 149 Å². The second kappa shape index (κ2) is 7.05. The highest BCUT2D eigenvalue weighted by molar-refractivity contribution is 5.98. The molecule has 3 rings (SSSR count). The Balaban J connectivity index is 2.06. The summed E-state index contributed by atoms with van der Waals surface area (Å²) in [5, 5.41) is 17.6. The molecule has 0 radical (unpaired) electrons. The van der Waals surface area contributed by atoms with E-state index in [1.165, 1.54) is 13.1 Å². The number of ether oxygens (including phenoxy) is 1. The Bertz CT molecular complexity index is 953. The lowest BCUT2D eigenvalue weighted by atomic mass is 10.1. The number of aryl methyl sites for hydroxylation is 1. The molecule has 0 atom stereocenters. The second-order valence-electron chi connectivity index (χ2n) is 5.36. The maximum atomic E-state index is 12.0. The van der Waals surface area contributed by atoms with Gasteiger partial charge in [0, 0.05) is 20.2 Å². The molecular formula is C16H18N8O2. The molecule has 0 saturated carbocycles. The largest absolute Gasteiger partial charge is 0.494 e. The van der Waals surface area contributed by atoms with E-state index in [1.807, 2.05) is 12.1 Å². The van der Waals surface area contributed by atoms with Crippen LogP contribution in [-0.2, 0) is 7.05 Å². The number of para-hydroxylation sites is 1. The van der Waals surface area contributed by atoms with Crippen LogP contribution >= 0.6 is 0 Å². The van der Waals surface area contributed by atoms with Crippen molar-refractivity contribution in [2.45, 2.75) is 0 Å². The predicted molar refractivity (Wildman–Crippen MR) is 96.1 cm³/mol. The standard InChI is InChI=1S/C16H18N8O2/c1-18-16(25)13-11(7-12(17)21-22-13)20-10-6-4-5-9(14(10)26-3)15-19-8-24(2)23-15/h4-8H,1-3H3,(H,18,25)(H3,17,20,21). The highest BCUT2D eigenvalue weighted by Crippen LogP contribution is 2.36. The Hall–Kier alpha value is -3.69. The van der Waals surface area contributed by atoms with Gasteiger partial charge < -0.3 is 21.1 Å². The first-order valence-corrected chi connectivity index (χ1v) is 7.68. The van der Waals surface area contributed by atoms with E-state index in [4.69, 9.17) is 10.5 Å². The summed E-state index contributed by atoms with van der Waals surface area (Å²) in [6.07, 6.45) is 1.60. The van der Waals surface area contributed by atoms with Crippen LogP contribution in [0.4, 0.5) is 17.2 Å². The second-order valence-corrected chi connectivity index (χ2v) is 5.36. The lowest BCUT2D eigenvalue weighted by molar-refractivity contribution is 0.0958. The number of nitrogens with zero attached hydrogens (tertiary/aromatic N) is 5. The molecule has 1 amide bonds. The van der Waals surface area contributed by atoms with Crippen LogP contribution < -0.4 is 21.1 Å². The number of anilines is 3. The molecule has 0 bridgehead atoms. The van der Waals surface area contributed by atoms with Crippen LogP contribution in [0.2, 0.25) is 0 Å². The predicted octanol–water partition coefficient (Wildman–Crippen LogP) is 0.966. The average molecular weight is 354 g/mol. The van der Waals surface area contributed by atoms with Gasteiger partial charge in [0.2, 0.25) is 0 Å². The first-order valence-electron chi connectivity index (χ1n) is 7.68. The first kappa shape index (κ1) is 17.1. The van der Waals surface area contributed by atoms with Gasteiger partial charge >= 0.3 is 0 Å². The molecule has 2 heterocycles. The molecule has 134 valence electrons. The number of carbonyl (C=O) groups excluding carboxylic acids is 1. The number of nitrogens with two attached hydrogens (primary N) is 1. The van der Waals surface area contributed by atoms with Crippen molar-refractivity contribution in [2.24, 2.45) is 7.05 Å². The number of methoxy groups -OCH3 is 1. The highest BCUT2D eigenvalue weighted by Gasteiger charge is 2.18. The topological polar surface area (TPSA) is 133 Å². The van der Waals surface area contributed by atoms with Crippen molar-refractivity contribution in [3.63, 3.8) is 0 Å². The molecule has 26 heavy (non-hydrogen) atoms. The van der Waals surface area contributed by atoms with Crippen molar-refractivity contribution in [2.75, 3.05) is 25.2 Å². The number of aromatic nitrogens is 5. The lowest BCUT2D eigenvalue weighted by Gasteiger charge is -2.15. The van der Waals surface area contributed by atoms with E-state index in [0.29, 0.717) is 28.5 Å². The summed E-state index contributed by atoms with van der Waals surface area (Å²) in [6, 6.07) is 7.00. The van der Waals surface area contributed by atoms with E-state index in [0.717, 1.165) is 0 Å². The fourth-order valence-electron chi connectivity index (χ4n) is 2.43. The molecule has 0 spiro atoms. The Morgan fingerprint density at radius 2 is 2.08 bits per heavy atom. The van der Waals surface area contributed by atoms with Gasteiger partial charge in [-0.05, 0) is 12.1 Å². The van der Waals surface area contributed by atoms with E-state index in [9.17, 15) is 4.79 Å². The Morgan fingerprint density at radius 3 is 2.73 bits per heavy atom. The van der Waals surface area contributed by atoms with E-state index in [1.54, 1.807) is 31.2 Å². The number of benzene rings is 1. The van der Waals surface area contributed by atoms with Crippen molar-refractivity contribution in [3.05, 3.63) is 36.3 Å².